The molecule has 0 aliphatic heterocycles. The lowest BCUT2D eigenvalue weighted by Gasteiger charge is -2.28. The van der Waals surface area contributed by atoms with Crippen molar-refractivity contribution >= 4 is 13.8 Å². The maximum absolute atomic E-state index is 12.8. The van der Waals surface area contributed by atoms with Gasteiger partial charge in [-0.2, -0.15) is 0 Å². The van der Waals surface area contributed by atoms with E-state index < -0.39 is 13.9 Å². The topological polar surface area (TPSA) is 94.1 Å². The maximum Gasteiger partial charge on any atom is 0.306 e. The summed E-state index contributed by atoms with van der Waals surface area (Å²) in [6.45, 7) is 5.20. The minimum absolute atomic E-state index is 0.0219. The summed E-state index contributed by atoms with van der Waals surface area (Å²) in [5.41, 5.74) is 0. The van der Waals surface area contributed by atoms with Crippen molar-refractivity contribution in [3.63, 3.8) is 0 Å². The van der Waals surface area contributed by atoms with Gasteiger partial charge in [0.2, 0.25) is 0 Å². The van der Waals surface area contributed by atoms with Crippen LogP contribution < -0.4 is 4.89 Å². The number of phosphoric ester groups is 1. The van der Waals surface area contributed by atoms with Crippen molar-refractivity contribution < 1.29 is 37.3 Å². The Morgan fingerprint density at radius 3 is 1.12 bits per heavy atom. The summed E-state index contributed by atoms with van der Waals surface area (Å²) in [5, 5.41) is 0. The lowest BCUT2D eigenvalue weighted by Crippen LogP contribution is -2.37. The van der Waals surface area contributed by atoms with Crippen LogP contribution in [-0.2, 0) is 27.9 Å². The fourth-order valence-corrected chi connectivity index (χ4v) is 8.85. The van der Waals surface area contributed by atoms with E-state index >= 15 is 0 Å². The molecule has 0 aromatic carbocycles. The minimum Gasteiger partial charge on any atom is -0.756 e. The largest absolute Gasteiger partial charge is 0.756 e. The molecule has 0 rings (SSSR count). The maximum atomic E-state index is 12.8. The number of phosphoric acid groups is 1. The number of unbranched alkanes of at least 4 members (excludes halogenated alkanes) is 25. The Morgan fingerprint density at radius 1 is 0.425 bits per heavy atom. The van der Waals surface area contributed by atoms with Gasteiger partial charge in [0.05, 0.1) is 34.4 Å². The molecule has 0 bridgehead atoms. The lowest BCUT2D eigenvalue weighted by atomic mass is 10.0. The highest BCUT2D eigenvalue weighted by molar-refractivity contribution is 7.45. The van der Waals surface area contributed by atoms with E-state index in [9.17, 15) is 14.3 Å². The van der Waals surface area contributed by atoms with Gasteiger partial charge in [-0.25, -0.2) is 0 Å². The molecule has 0 fully saturated rings. The predicted octanol–water partition coefficient (Wildman–Crippen LogP) is 18.7. The number of hydrogen-bond acceptors (Lipinski definition) is 7. The van der Waals surface area contributed by atoms with Gasteiger partial charge in [0.25, 0.3) is 7.82 Å². The number of hydrogen-bond donors (Lipinski definition) is 0. The number of ether oxygens (including phenoxy) is 2. The van der Waals surface area contributed by atoms with Crippen LogP contribution in [0, 0.1) is 0 Å². The Hall–Kier alpha value is -2.58. The van der Waals surface area contributed by atoms with Gasteiger partial charge in [-0.05, 0) is 89.9 Å². The molecule has 0 aliphatic carbocycles. The quantitative estimate of drug-likeness (QED) is 0.0197. The Morgan fingerprint density at radius 2 is 0.753 bits per heavy atom. The number of nitrogens with zero attached hydrogens (tertiary/aromatic N) is 1. The van der Waals surface area contributed by atoms with Crippen molar-refractivity contribution in [2.24, 2.45) is 0 Å². The Labute approximate surface area is 451 Å². The van der Waals surface area contributed by atoms with Gasteiger partial charge < -0.3 is 27.9 Å². The summed E-state index contributed by atoms with van der Waals surface area (Å²) in [7, 11) is 1.35. The molecule has 0 spiro atoms. The van der Waals surface area contributed by atoms with Crippen molar-refractivity contribution in [1.82, 2.24) is 0 Å². The molecule has 0 aliphatic rings. The van der Waals surface area contributed by atoms with Gasteiger partial charge in [0, 0.05) is 13.0 Å². The van der Waals surface area contributed by atoms with E-state index in [4.69, 9.17) is 18.5 Å². The van der Waals surface area contributed by atoms with Crippen molar-refractivity contribution in [1.29, 1.82) is 0 Å². The van der Waals surface area contributed by atoms with Gasteiger partial charge in [-0.3, -0.25) is 9.36 Å². The molecular weight excluding hydrogens is 926 g/mol. The molecule has 422 valence electrons. The van der Waals surface area contributed by atoms with Gasteiger partial charge >= 0.3 is 5.97 Å². The molecule has 0 saturated carbocycles. The zero-order chi connectivity index (χ0) is 53.3. The highest BCUT2D eigenvalue weighted by Crippen LogP contribution is 2.38. The summed E-state index contributed by atoms with van der Waals surface area (Å²) >= 11 is 0. The fraction of sp³-hybridized carbons (Fsp3) is 0.734. The van der Waals surface area contributed by atoms with Gasteiger partial charge in [0.15, 0.2) is 0 Å². The molecule has 0 radical (unpaired) electrons. The summed E-state index contributed by atoms with van der Waals surface area (Å²) < 4.78 is 34.9. The second-order valence-electron chi connectivity index (χ2n) is 20.9. The first-order chi connectivity index (χ1) is 35.6. The van der Waals surface area contributed by atoms with Crippen LogP contribution in [0.4, 0.5) is 0 Å². The standard InChI is InChI=1S/C64H114NO7P/c1-6-8-10-12-14-16-18-20-22-24-26-28-30-32-34-36-38-40-42-44-46-48-50-52-54-56-59-69-61-63(62-71-73(67,68)70-60-58-65(3,4)5)72-64(66)57-55-53-51-49-47-45-43-41-39-37-35-33-31-29-27-25-23-21-19-17-15-13-11-9-7-2/h8-11,14-17,20-23,26-29,63H,6-7,12-13,18-19,24-25,30-62H2,1-5H3/b10-8-,11-9-,16-14-,17-15-,22-20-,23-21-,28-26-,29-27-. The second kappa shape index (κ2) is 55.6. The third-order valence-corrected chi connectivity index (χ3v) is 13.6. The van der Waals surface area contributed by atoms with E-state index in [1.54, 1.807) is 0 Å². The average molecular weight is 1040 g/mol. The van der Waals surface area contributed by atoms with Crippen LogP contribution in [0.3, 0.4) is 0 Å². The van der Waals surface area contributed by atoms with Crippen LogP contribution in [0.1, 0.15) is 245 Å². The summed E-state index contributed by atoms with van der Waals surface area (Å²) in [4.78, 5) is 25.3. The molecule has 0 aromatic rings. The first-order valence-corrected chi connectivity index (χ1v) is 31.4. The molecular formula is C64H114NO7P. The van der Waals surface area contributed by atoms with Crippen molar-refractivity contribution in [2.75, 3.05) is 54.1 Å². The van der Waals surface area contributed by atoms with E-state index in [0.717, 1.165) is 83.5 Å². The molecule has 0 saturated heterocycles. The molecule has 0 amide bonds. The molecule has 2 unspecified atom stereocenters. The molecule has 73 heavy (non-hydrogen) atoms. The third-order valence-electron chi connectivity index (χ3n) is 12.6. The van der Waals surface area contributed by atoms with Gasteiger partial charge in [0.1, 0.15) is 19.3 Å². The van der Waals surface area contributed by atoms with E-state index in [1.807, 2.05) is 21.1 Å². The van der Waals surface area contributed by atoms with Gasteiger partial charge in [-0.15, -0.1) is 0 Å². The van der Waals surface area contributed by atoms with Crippen LogP contribution in [0.25, 0.3) is 0 Å². The van der Waals surface area contributed by atoms with Crippen LogP contribution in [-0.4, -0.2) is 70.7 Å². The molecule has 0 N–H and O–H groups in total. The highest BCUT2D eigenvalue weighted by Gasteiger charge is 2.20. The van der Waals surface area contributed by atoms with Crippen LogP contribution in [0.15, 0.2) is 97.2 Å². The van der Waals surface area contributed by atoms with E-state index in [1.165, 1.54) is 141 Å². The Kier molecular flexibility index (Phi) is 53.7. The van der Waals surface area contributed by atoms with E-state index in [0.29, 0.717) is 24.1 Å². The second-order valence-corrected chi connectivity index (χ2v) is 22.4. The molecule has 0 heterocycles. The lowest BCUT2D eigenvalue weighted by molar-refractivity contribution is -0.870. The van der Waals surface area contributed by atoms with E-state index in [-0.39, 0.29) is 25.8 Å². The normalized spacial score (nSPS) is 14.1. The molecule has 9 heteroatoms. The minimum atomic E-state index is -4.54. The molecule has 0 aromatic heterocycles. The number of carbonyl (C=O) groups is 1. The molecule has 2 atom stereocenters. The Bertz CT molecular complexity index is 1490. The smallest absolute Gasteiger partial charge is 0.306 e. The predicted molar refractivity (Wildman–Crippen MR) is 314 cm³/mol. The number of allylic oxidation sites excluding steroid dienone is 16. The van der Waals surface area contributed by atoms with Crippen molar-refractivity contribution in [2.45, 2.75) is 251 Å². The third kappa shape index (κ3) is 60.2. The van der Waals surface area contributed by atoms with Crippen LogP contribution in [0.5, 0.6) is 0 Å². The van der Waals surface area contributed by atoms with Crippen molar-refractivity contribution in [3.05, 3.63) is 97.2 Å². The van der Waals surface area contributed by atoms with Gasteiger partial charge in [-0.1, -0.05) is 246 Å². The zero-order valence-corrected chi connectivity index (χ0v) is 49.0. The number of likely N-dealkylation sites (N-methyl/N-ethyl adjacent to an activating group) is 1. The monoisotopic (exact) mass is 1040 g/mol. The van der Waals surface area contributed by atoms with Crippen molar-refractivity contribution in [3.8, 4) is 0 Å². The number of esters is 1. The van der Waals surface area contributed by atoms with Crippen LogP contribution in [0.2, 0.25) is 0 Å². The molecule has 8 nitrogen and oxygen atoms in total. The SMILES string of the molecule is CC/C=C\C/C=C\C/C=C\C/C=C\CCCCCCCCCCCCCCCOCC(COP(=O)([O-])OCC[N+](C)(C)C)OC(=O)CCCCCCCCCCCCCC/C=C\C/C=C\C/C=C\C/C=C\CC. The average Bonchev–Trinajstić information content (AvgIpc) is 3.35. The first kappa shape index (κ1) is 70.4. The Balaban J connectivity index is 4.06. The number of carbonyl (C=O) groups excluding carboxylic acids is 1. The summed E-state index contributed by atoms with van der Waals surface area (Å²) in [6.07, 6.45) is 77.4. The van der Waals surface area contributed by atoms with E-state index in [2.05, 4.69) is 111 Å². The summed E-state index contributed by atoms with van der Waals surface area (Å²) in [5.74, 6) is -0.337. The number of quaternary nitrogens is 1. The summed E-state index contributed by atoms with van der Waals surface area (Å²) in [6, 6.07) is 0. The van der Waals surface area contributed by atoms with Crippen LogP contribution >= 0.6 is 7.82 Å². The first-order valence-electron chi connectivity index (χ1n) is 30.0. The fourth-order valence-electron chi connectivity index (χ4n) is 8.12. The highest BCUT2D eigenvalue weighted by atomic mass is 31.2. The zero-order valence-electron chi connectivity index (χ0n) is 48.1. The number of rotatable bonds is 55.